The van der Waals surface area contributed by atoms with Gasteiger partial charge in [-0.3, -0.25) is 9.59 Å². The molecule has 1 N–H and O–H groups in total. The van der Waals surface area contributed by atoms with E-state index in [1.165, 1.54) is 0 Å². The minimum absolute atomic E-state index is 0.0464. The smallest absolute Gasteiger partial charge is 0.309 e. The summed E-state index contributed by atoms with van der Waals surface area (Å²) < 4.78 is 0. The largest absolute Gasteiger partial charge is 0.481 e. The van der Waals surface area contributed by atoms with Crippen LogP contribution in [0.2, 0.25) is 5.02 Å². The number of hydrogen-bond acceptors (Lipinski definition) is 2. The lowest BCUT2D eigenvalue weighted by molar-refractivity contribution is -0.142. The van der Waals surface area contributed by atoms with Crippen molar-refractivity contribution >= 4 is 23.5 Å². The van der Waals surface area contributed by atoms with Gasteiger partial charge in [0.15, 0.2) is 0 Å². The van der Waals surface area contributed by atoms with Gasteiger partial charge in [0.05, 0.1) is 12.0 Å². The summed E-state index contributed by atoms with van der Waals surface area (Å²) in [7, 11) is 0. The summed E-state index contributed by atoms with van der Waals surface area (Å²) in [6, 6.07) is 6.98. The summed E-state index contributed by atoms with van der Waals surface area (Å²) in [6.07, 6.45) is 2.05. The number of carboxylic acids is 1. The topological polar surface area (TPSA) is 57.6 Å². The van der Waals surface area contributed by atoms with Crippen molar-refractivity contribution in [2.75, 3.05) is 0 Å². The Morgan fingerprint density at radius 3 is 2.42 bits per heavy atom. The minimum Gasteiger partial charge on any atom is -0.481 e. The maximum Gasteiger partial charge on any atom is 0.309 e. The molecule has 1 aliphatic carbocycles. The fraction of sp³-hybridized carbons (Fsp3) is 0.429. The number of aliphatic carboxylic acids is 1. The second-order valence-corrected chi connectivity index (χ2v) is 5.61. The van der Waals surface area contributed by atoms with Crippen LogP contribution >= 0.6 is 11.6 Å². The first kappa shape index (κ1) is 12.5. The highest BCUT2D eigenvalue weighted by molar-refractivity contribution is 6.30. The van der Waals surface area contributed by atoms with Crippen molar-refractivity contribution in [3.05, 3.63) is 34.9 Å². The lowest BCUT2D eigenvalue weighted by atomic mass is 9.94. The van der Waals surface area contributed by atoms with Crippen LogP contribution in [0.3, 0.4) is 0 Å². The zero-order valence-corrected chi connectivity index (χ0v) is 11.0. The summed E-state index contributed by atoms with van der Waals surface area (Å²) in [5.74, 6) is -1.61. The van der Waals surface area contributed by atoms with Crippen molar-refractivity contribution in [1.29, 1.82) is 0 Å². The van der Waals surface area contributed by atoms with Gasteiger partial charge in [0.2, 0.25) is 5.91 Å². The summed E-state index contributed by atoms with van der Waals surface area (Å²) in [6.45, 7) is 0. The Kier molecular flexibility index (Phi) is 2.97. The van der Waals surface area contributed by atoms with Gasteiger partial charge in [0.25, 0.3) is 0 Å². The number of rotatable bonds is 3. The van der Waals surface area contributed by atoms with E-state index in [0.717, 1.165) is 18.4 Å². The molecule has 1 aromatic carbocycles. The first-order chi connectivity index (χ1) is 9.08. The van der Waals surface area contributed by atoms with Gasteiger partial charge in [-0.1, -0.05) is 23.7 Å². The molecule has 2 aliphatic rings. The Morgan fingerprint density at radius 1 is 1.26 bits per heavy atom. The van der Waals surface area contributed by atoms with Crippen molar-refractivity contribution in [2.24, 2.45) is 5.92 Å². The standard InChI is InChI=1S/C14H14ClNO3/c15-9-3-1-8(2-4-9)13-11(14(18)19)7-12(17)16(13)10-5-6-10/h1-4,10-11,13H,5-7H2,(H,18,19)/t11-,13+/m1/s1. The molecule has 0 aromatic heterocycles. The number of halogens is 1. The fourth-order valence-corrected chi connectivity index (χ4v) is 2.94. The lowest BCUT2D eigenvalue weighted by Gasteiger charge is -2.27. The van der Waals surface area contributed by atoms with Crippen LogP contribution in [0.15, 0.2) is 24.3 Å². The van der Waals surface area contributed by atoms with Crippen molar-refractivity contribution in [3.63, 3.8) is 0 Å². The lowest BCUT2D eigenvalue weighted by Crippen LogP contribution is -2.32. The first-order valence-electron chi connectivity index (χ1n) is 6.37. The molecule has 1 saturated carbocycles. The van der Waals surface area contributed by atoms with Gasteiger partial charge in [0.1, 0.15) is 0 Å². The van der Waals surface area contributed by atoms with Crippen LogP contribution in [0.5, 0.6) is 0 Å². The Labute approximate surface area is 116 Å². The van der Waals surface area contributed by atoms with E-state index in [4.69, 9.17) is 11.6 Å². The highest BCUT2D eigenvalue weighted by Crippen LogP contribution is 2.45. The van der Waals surface area contributed by atoms with Crippen molar-refractivity contribution in [1.82, 2.24) is 4.90 Å². The van der Waals surface area contributed by atoms with Gasteiger partial charge < -0.3 is 10.0 Å². The van der Waals surface area contributed by atoms with E-state index in [9.17, 15) is 14.7 Å². The van der Waals surface area contributed by atoms with E-state index in [-0.39, 0.29) is 24.4 Å². The van der Waals surface area contributed by atoms with Gasteiger partial charge in [0, 0.05) is 17.5 Å². The van der Waals surface area contributed by atoms with Crippen molar-refractivity contribution in [3.8, 4) is 0 Å². The van der Waals surface area contributed by atoms with Gasteiger partial charge in [-0.2, -0.15) is 0 Å². The normalized spacial score (nSPS) is 26.8. The number of carbonyl (C=O) groups excluding carboxylic acids is 1. The molecule has 1 aliphatic heterocycles. The molecule has 1 amide bonds. The van der Waals surface area contributed by atoms with Crippen LogP contribution < -0.4 is 0 Å². The number of carboxylic acid groups (broad SMARTS) is 1. The number of likely N-dealkylation sites (tertiary alicyclic amines) is 1. The third kappa shape index (κ3) is 2.21. The second kappa shape index (κ2) is 4.53. The number of carbonyl (C=O) groups is 2. The minimum atomic E-state index is -0.906. The molecule has 0 spiro atoms. The van der Waals surface area contributed by atoms with Crippen LogP contribution in [0.4, 0.5) is 0 Å². The Balaban J connectivity index is 1.98. The molecule has 1 aromatic rings. The van der Waals surface area contributed by atoms with Gasteiger partial charge in [-0.15, -0.1) is 0 Å². The summed E-state index contributed by atoms with van der Waals surface area (Å²) in [5.41, 5.74) is 0.856. The molecule has 5 heteroatoms. The van der Waals surface area contributed by atoms with Gasteiger partial charge in [-0.05, 0) is 30.5 Å². The zero-order chi connectivity index (χ0) is 13.6. The van der Waals surface area contributed by atoms with Crippen molar-refractivity contribution < 1.29 is 14.7 Å². The maximum absolute atomic E-state index is 12.1. The van der Waals surface area contributed by atoms with Crippen LogP contribution in [0.1, 0.15) is 30.9 Å². The second-order valence-electron chi connectivity index (χ2n) is 5.18. The van der Waals surface area contributed by atoms with E-state index >= 15 is 0 Å². The quantitative estimate of drug-likeness (QED) is 0.925. The molecule has 3 rings (SSSR count). The van der Waals surface area contributed by atoms with Crippen LogP contribution in [0, 0.1) is 5.92 Å². The van der Waals surface area contributed by atoms with Gasteiger partial charge in [-0.25, -0.2) is 0 Å². The van der Waals surface area contributed by atoms with E-state index in [0.29, 0.717) is 5.02 Å². The SMILES string of the molecule is O=C(O)[C@@H]1CC(=O)N(C2CC2)[C@H]1c1ccc(Cl)cc1. The third-order valence-electron chi connectivity index (χ3n) is 3.83. The molecule has 19 heavy (non-hydrogen) atoms. The molecule has 0 radical (unpaired) electrons. The number of hydrogen-bond donors (Lipinski definition) is 1. The van der Waals surface area contributed by atoms with E-state index < -0.39 is 11.9 Å². The average molecular weight is 280 g/mol. The first-order valence-corrected chi connectivity index (χ1v) is 6.75. The van der Waals surface area contributed by atoms with Gasteiger partial charge >= 0.3 is 5.97 Å². The molecule has 1 saturated heterocycles. The number of nitrogens with zero attached hydrogens (tertiary/aromatic N) is 1. The van der Waals surface area contributed by atoms with Crippen LogP contribution in [0.25, 0.3) is 0 Å². The maximum atomic E-state index is 12.1. The molecule has 0 bridgehead atoms. The third-order valence-corrected chi connectivity index (χ3v) is 4.08. The molecule has 2 fully saturated rings. The van der Waals surface area contributed by atoms with E-state index in [1.54, 1.807) is 17.0 Å². The predicted molar refractivity (Wildman–Crippen MR) is 69.8 cm³/mol. The Bertz CT molecular complexity index is 524. The zero-order valence-electron chi connectivity index (χ0n) is 10.3. The predicted octanol–water partition coefficient (Wildman–Crippen LogP) is 2.48. The van der Waals surface area contributed by atoms with E-state index in [1.807, 2.05) is 12.1 Å². The summed E-state index contributed by atoms with van der Waals surface area (Å²) in [4.78, 5) is 25.2. The summed E-state index contributed by atoms with van der Waals surface area (Å²) >= 11 is 5.86. The Hall–Kier alpha value is -1.55. The Morgan fingerprint density at radius 2 is 1.89 bits per heavy atom. The molecule has 0 unspecified atom stereocenters. The molecular formula is C14H14ClNO3. The molecule has 100 valence electrons. The average Bonchev–Trinajstić information content (AvgIpc) is 3.14. The molecule has 2 atom stereocenters. The molecular weight excluding hydrogens is 266 g/mol. The fourth-order valence-electron chi connectivity index (χ4n) is 2.81. The highest BCUT2D eigenvalue weighted by atomic mass is 35.5. The monoisotopic (exact) mass is 279 g/mol. The highest BCUT2D eigenvalue weighted by Gasteiger charge is 2.49. The molecule has 1 heterocycles. The van der Waals surface area contributed by atoms with Crippen LogP contribution in [-0.4, -0.2) is 27.9 Å². The van der Waals surface area contributed by atoms with Crippen molar-refractivity contribution in [2.45, 2.75) is 31.3 Å². The number of benzene rings is 1. The summed E-state index contributed by atoms with van der Waals surface area (Å²) in [5, 5.41) is 9.94. The number of amides is 1. The molecule has 4 nitrogen and oxygen atoms in total. The van der Waals surface area contributed by atoms with E-state index in [2.05, 4.69) is 0 Å². The van der Waals surface area contributed by atoms with Crippen LogP contribution in [-0.2, 0) is 9.59 Å².